The van der Waals surface area contributed by atoms with Crippen molar-refractivity contribution < 1.29 is 26.7 Å². The smallest absolute Gasteiger partial charge is 0.346 e. The topological polar surface area (TPSA) is 55.1 Å². The largest absolute Gasteiger partial charge is 0.417 e. The van der Waals surface area contributed by atoms with Crippen molar-refractivity contribution in [1.82, 2.24) is 5.32 Å². The van der Waals surface area contributed by atoms with Crippen LogP contribution in [0.4, 0.5) is 22.0 Å². The Bertz CT molecular complexity index is 459. The normalized spacial score (nSPS) is 12.3. The van der Waals surface area contributed by atoms with E-state index in [9.17, 15) is 26.7 Å². The van der Waals surface area contributed by atoms with Crippen LogP contribution in [0.3, 0.4) is 0 Å². The van der Waals surface area contributed by atoms with Crippen LogP contribution in [0.2, 0.25) is 0 Å². The predicted octanol–water partition coefficient (Wildman–Crippen LogP) is 2.03. The number of rotatable bonds is 4. The summed E-state index contributed by atoms with van der Waals surface area (Å²) in [6.45, 7) is -2.12. The maximum absolute atomic E-state index is 12.8. The van der Waals surface area contributed by atoms with Gasteiger partial charge in [0.2, 0.25) is 0 Å². The number of benzene rings is 1. The van der Waals surface area contributed by atoms with E-state index in [1.54, 1.807) is 5.32 Å². The molecule has 0 radical (unpaired) electrons. The summed E-state index contributed by atoms with van der Waals surface area (Å²) in [6, 6.07) is 3.94. The molecule has 8 heteroatoms. The van der Waals surface area contributed by atoms with Gasteiger partial charge in [-0.25, -0.2) is 8.78 Å². The third-order valence-corrected chi connectivity index (χ3v) is 2.28. The molecule has 0 unspecified atom stereocenters. The fourth-order valence-corrected chi connectivity index (χ4v) is 1.31. The van der Waals surface area contributed by atoms with Crippen molar-refractivity contribution in [3.8, 4) is 0 Å². The van der Waals surface area contributed by atoms with E-state index in [0.717, 1.165) is 12.1 Å². The Hall–Kier alpha value is -1.70. The molecule has 3 N–H and O–H groups in total. The molecular weight excluding hydrogens is 271 g/mol. The highest BCUT2D eigenvalue weighted by molar-refractivity contribution is 5.95. The van der Waals surface area contributed by atoms with Crippen molar-refractivity contribution in [2.45, 2.75) is 12.1 Å². The number of hydrogen-bond donors (Lipinski definition) is 2. The van der Waals surface area contributed by atoms with Crippen LogP contribution >= 0.6 is 0 Å². The van der Waals surface area contributed by atoms with E-state index in [1.807, 2.05) is 0 Å². The minimum absolute atomic E-state index is 0.704. The number of nitrogens with one attached hydrogen (secondary N) is 1. The first-order valence-corrected chi connectivity index (χ1v) is 5.20. The van der Waals surface area contributed by atoms with Crippen LogP contribution in [0.15, 0.2) is 24.3 Å². The third-order valence-electron chi connectivity index (χ3n) is 2.28. The summed E-state index contributed by atoms with van der Waals surface area (Å²) in [6.07, 6.45) is -4.73. The Morgan fingerprint density at radius 3 is 2.26 bits per heavy atom. The molecule has 0 aliphatic rings. The van der Waals surface area contributed by atoms with Gasteiger partial charge in [0, 0.05) is 0 Å². The maximum Gasteiger partial charge on any atom is 0.417 e. The van der Waals surface area contributed by atoms with Gasteiger partial charge in [0.15, 0.2) is 0 Å². The van der Waals surface area contributed by atoms with Crippen molar-refractivity contribution in [2.75, 3.05) is 13.1 Å². The predicted molar refractivity (Wildman–Crippen MR) is 57.8 cm³/mol. The summed E-state index contributed by atoms with van der Waals surface area (Å²) in [7, 11) is 0. The van der Waals surface area contributed by atoms with Crippen LogP contribution in [-0.2, 0) is 6.18 Å². The Morgan fingerprint density at radius 2 is 1.74 bits per heavy atom. The van der Waals surface area contributed by atoms with Crippen LogP contribution in [0.5, 0.6) is 0 Å². The van der Waals surface area contributed by atoms with Crippen molar-refractivity contribution in [3.05, 3.63) is 35.4 Å². The fraction of sp³-hybridized carbons (Fsp3) is 0.364. The SMILES string of the molecule is NCC(F)(F)CNC(=O)c1ccccc1C(F)(F)F. The van der Waals surface area contributed by atoms with Crippen molar-refractivity contribution >= 4 is 5.91 Å². The minimum Gasteiger partial charge on any atom is -0.346 e. The lowest BCUT2D eigenvalue weighted by Gasteiger charge is -2.16. The second-order valence-electron chi connectivity index (χ2n) is 3.79. The lowest BCUT2D eigenvalue weighted by molar-refractivity contribution is -0.137. The second kappa shape index (κ2) is 5.52. The molecule has 1 aromatic rings. The fourth-order valence-electron chi connectivity index (χ4n) is 1.31. The highest BCUT2D eigenvalue weighted by Crippen LogP contribution is 2.31. The van der Waals surface area contributed by atoms with Gasteiger partial charge in [0.1, 0.15) is 0 Å². The van der Waals surface area contributed by atoms with E-state index in [4.69, 9.17) is 5.73 Å². The van der Waals surface area contributed by atoms with Gasteiger partial charge in [-0.3, -0.25) is 4.79 Å². The van der Waals surface area contributed by atoms with Crippen LogP contribution < -0.4 is 11.1 Å². The molecule has 0 aliphatic carbocycles. The average molecular weight is 282 g/mol. The molecule has 1 rings (SSSR count). The van der Waals surface area contributed by atoms with E-state index in [2.05, 4.69) is 0 Å². The Labute approximate surface area is 105 Å². The van der Waals surface area contributed by atoms with E-state index >= 15 is 0 Å². The summed E-state index contributed by atoms with van der Waals surface area (Å²) in [5.74, 6) is -4.58. The maximum atomic E-state index is 12.8. The molecule has 1 amide bonds. The molecule has 106 valence electrons. The molecule has 1 aromatic carbocycles. The minimum atomic E-state index is -4.73. The number of alkyl halides is 5. The number of carbonyl (C=O) groups is 1. The number of halogens is 5. The van der Waals surface area contributed by atoms with Gasteiger partial charge in [-0.2, -0.15) is 13.2 Å². The van der Waals surface area contributed by atoms with Gasteiger partial charge < -0.3 is 11.1 Å². The summed E-state index contributed by atoms with van der Waals surface area (Å²) in [5.41, 5.74) is 2.87. The number of carbonyl (C=O) groups excluding carboxylic acids is 1. The van der Waals surface area contributed by atoms with Crippen LogP contribution in [0.1, 0.15) is 15.9 Å². The molecule has 0 heterocycles. The molecule has 0 aromatic heterocycles. The lowest BCUT2D eigenvalue weighted by atomic mass is 10.1. The molecule has 0 fully saturated rings. The first-order chi connectivity index (χ1) is 8.67. The molecule has 0 atom stereocenters. The summed E-state index contributed by atoms with van der Waals surface area (Å²) in [5, 5.41) is 1.73. The molecule has 0 bridgehead atoms. The second-order valence-corrected chi connectivity index (χ2v) is 3.79. The number of nitrogens with two attached hydrogens (primary N) is 1. The third kappa shape index (κ3) is 4.16. The van der Waals surface area contributed by atoms with E-state index in [1.165, 1.54) is 6.07 Å². The molecule has 19 heavy (non-hydrogen) atoms. The summed E-state index contributed by atoms with van der Waals surface area (Å²) in [4.78, 5) is 11.5. The van der Waals surface area contributed by atoms with Crippen LogP contribution in [-0.4, -0.2) is 24.9 Å². The zero-order valence-electron chi connectivity index (χ0n) is 9.60. The van der Waals surface area contributed by atoms with Gasteiger partial charge in [-0.15, -0.1) is 0 Å². The molecule has 0 spiro atoms. The molecule has 3 nitrogen and oxygen atoms in total. The van der Waals surface area contributed by atoms with Crippen molar-refractivity contribution in [2.24, 2.45) is 5.73 Å². The van der Waals surface area contributed by atoms with E-state index < -0.39 is 42.2 Å². The Morgan fingerprint density at radius 1 is 1.16 bits per heavy atom. The van der Waals surface area contributed by atoms with Gasteiger partial charge in [0.05, 0.1) is 24.2 Å². The van der Waals surface area contributed by atoms with E-state index in [0.29, 0.717) is 6.07 Å². The zero-order valence-corrected chi connectivity index (χ0v) is 9.60. The van der Waals surface area contributed by atoms with Crippen molar-refractivity contribution in [3.63, 3.8) is 0 Å². The molecule has 0 aliphatic heterocycles. The average Bonchev–Trinajstić information content (AvgIpc) is 2.35. The van der Waals surface area contributed by atoms with Gasteiger partial charge in [-0.1, -0.05) is 12.1 Å². The standard InChI is InChI=1S/C11H11F5N2O/c12-10(13,5-17)6-18-9(19)7-3-1-2-4-8(7)11(14,15)16/h1-4H,5-6,17H2,(H,18,19). The van der Waals surface area contributed by atoms with Crippen molar-refractivity contribution in [1.29, 1.82) is 0 Å². The molecule has 0 saturated heterocycles. The van der Waals surface area contributed by atoms with Gasteiger partial charge in [-0.05, 0) is 12.1 Å². The number of hydrogen-bond acceptors (Lipinski definition) is 2. The van der Waals surface area contributed by atoms with Crippen LogP contribution in [0, 0.1) is 0 Å². The highest BCUT2D eigenvalue weighted by Gasteiger charge is 2.35. The molecular formula is C11H11F5N2O. The summed E-state index contributed by atoms with van der Waals surface area (Å²) >= 11 is 0. The quantitative estimate of drug-likeness (QED) is 0.830. The molecule has 0 saturated carbocycles. The first-order valence-electron chi connectivity index (χ1n) is 5.20. The van der Waals surface area contributed by atoms with Gasteiger partial charge >= 0.3 is 6.18 Å². The zero-order chi connectivity index (χ0) is 14.7. The highest BCUT2D eigenvalue weighted by atomic mass is 19.4. The Kier molecular flexibility index (Phi) is 4.46. The monoisotopic (exact) mass is 282 g/mol. The van der Waals surface area contributed by atoms with Crippen LogP contribution in [0.25, 0.3) is 0 Å². The van der Waals surface area contributed by atoms with E-state index in [-0.39, 0.29) is 0 Å². The first kappa shape index (κ1) is 15.4. The number of amides is 1. The Balaban J connectivity index is 2.90. The van der Waals surface area contributed by atoms with Gasteiger partial charge in [0.25, 0.3) is 11.8 Å². The lowest BCUT2D eigenvalue weighted by Crippen LogP contribution is -2.41. The summed E-state index contributed by atoms with van der Waals surface area (Å²) < 4.78 is 63.4.